The van der Waals surface area contributed by atoms with Gasteiger partial charge >= 0.3 is 0 Å². The second kappa shape index (κ2) is 17.9. The highest BCUT2D eigenvalue weighted by Crippen LogP contribution is 2.40. The number of likely N-dealkylation sites (tertiary alicyclic amines) is 1. The van der Waals surface area contributed by atoms with E-state index in [2.05, 4.69) is 35.6 Å². The Morgan fingerprint density at radius 2 is 1.72 bits per heavy atom. The van der Waals surface area contributed by atoms with E-state index in [0.29, 0.717) is 45.6 Å². The third-order valence-corrected chi connectivity index (χ3v) is 13.8. The fourth-order valence-corrected chi connectivity index (χ4v) is 10.2. The standard InChI is InChI=1S/C46H53ClN10O7/c1-26(2)56-35-8-7-30(21-29(35)22-37(44(56)62)64-25-39(59)48-3)50-41-34(47)23-49-46(52-41)55-17-15-53(16-18-55)24-27-19-31(20-27)54-13-11-28(12-14-54)32-5-4-6-33-40(32)45(63)57(43(33)61)36-9-10-38(58)51-42(36)60/h4-8,21-23,26-28,31,36H,9-20,24-25H2,1-3H3,(H,48,59)(H,49,50,52)(H,51,58,60)/t27-,31+,36?. The summed E-state index contributed by atoms with van der Waals surface area (Å²) in [5.41, 5.74) is 2.80. The van der Waals surface area contributed by atoms with Gasteiger partial charge in [0.25, 0.3) is 23.3 Å². The minimum Gasteiger partial charge on any atom is -0.478 e. The van der Waals surface area contributed by atoms with Gasteiger partial charge in [-0.15, -0.1) is 0 Å². The van der Waals surface area contributed by atoms with Gasteiger partial charge in [0, 0.05) is 69.3 Å². The number of carbonyl (C=O) groups excluding carboxylic acids is 5. The number of pyridine rings is 1. The third-order valence-electron chi connectivity index (χ3n) is 13.5. The number of piperidine rings is 2. The quantitative estimate of drug-likeness (QED) is 0.173. The molecule has 1 aliphatic carbocycles. The topological polar surface area (TPSA) is 191 Å². The van der Waals surface area contributed by atoms with Crippen LogP contribution in [-0.2, 0) is 14.4 Å². The highest BCUT2D eigenvalue weighted by Gasteiger charge is 2.46. The summed E-state index contributed by atoms with van der Waals surface area (Å²) in [6, 6.07) is 12.2. The van der Waals surface area contributed by atoms with E-state index in [1.165, 1.54) is 7.05 Å². The number of benzene rings is 2. The summed E-state index contributed by atoms with van der Waals surface area (Å²) in [5.74, 6) is -0.262. The van der Waals surface area contributed by atoms with Gasteiger partial charge in [0.15, 0.2) is 18.2 Å². The maximum Gasteiger partial charge on any atom is 0.293 e. The SMILES string of the molecule is CNC(=O)COc1cc2cc(Nc3nc(N4CCN(C[C@H]5C[C@@H](N6CCC(c7cccc8c7C(=O)N(C7CCC(=O)NC7=O)C8=O)CC6)C5)CC4)ncc3Cl)ccc2n(C(C)C)c1=O. The molecule has 0 radical (unpaired) electrons. The van der Waals surface area contributed by atoms with Crippen molar-refractivity contribution in [3.8, 4) is 5.75 Å². The van der Waals surface area contributed by atoms with Gasteiger partial charge in [-0.05, 0) is 107 Å². The number of likely N-dealkylation sites (N-methyl/N-ethyl adjacent to an activating group) is 1. The molecule has 2 aromatic heterocycles. The first-order valence-corrected chi connectivity index (χ1v) is 22.6. The van der Waals surface area contributed by atoms with Crippen molar-refractivity contribution in [1.82, 2.24) is 39.9 Å². The molecule has 1 unspecified atom stereocenters. The number of piperazine rings is 1. The summed E-state index contributed by atoms with van der Waals surface area (Å²) in [5, 5.41) is 9.25. The van der Waals surface area contributed by atoms with E-state index in [1.54, 1.807) is 22.9 Å². The number of hydrogen-bond donors (Lipinski definition) is 3. The van der Waals surface area contributed by atoms with Gasteiger partial charge in [-0.1, -0.05) is 23.7 Å². The van der Waals surface area contributed by atoms with Gasteiger partial charge in [0.05, 0.1) is 22.8 Å². The molecule has 17 nitrogen and oxygen atoms in total. The summed E-state index contributed by atoms with van der Waals surface area (Å²) in [7, 11) is 1.51. The number of aromatic nitrogens is 3. The highest BCUT2D eigenvalue weighted by atomic mass is 35.5. The molecule has 4 fully saturated rings. The van der Waals surface area contributed by atoms with E-state index in [1.807, 2.05) is 44.2 Å². The Bertz CT molecular complexity index is 2580. The molecule has 64 heavy (non-hydrogen) atoms. The predicted octanol–water partition coefficient (Wildman–Crippen LogP) is 4.08. The first-order chi connectivity index (χ1) is 30.9. The number of amides is 5. The van der Waals surface area contributed by atoms with E-state index < -0.39 is 23.8 Å². The summed E-state index contributed by atoms with van der Waals surface area (Å²) < 4.78 is 7.27. The smallest absolute Gasteiger partial charge is 0.293 e. The van der Waals surface area contributed by atoms with Crippen LogP contribution in [0.25, 0.3) is 10.9 Å². The molecule has 0 bridgehead atoms. The Hall–Kier alpha value is -5.91. The van der Waals surface area contributed by atoms with Gasteiger partial charge in [0.1, 0.15) is 11.1 Å². The van der Waals surface area contributed by atoms with Crippen LogP contribution in [0.5, 0.6) is 5.75 Å². The summed E-state index contributed by atoms with van der Waals surface area (Å²) in [4.78, 5) is 94.3. The molecule has 1 saturated carbocycles. The molecule has 9 rings (SSSR count). The first kappa shape index (κ1) is 43.3. The van der Waals surface area contributed by atoms with Crippen LogP contribution in [-0.4, -0.2) is 130 Å². The van der Waals surface area contributed by atoms with Crippen LogP contribution in [0, 0.1) is 5.92 Å². The predicted molar refractivity (Wildman–Crippen MR) is 240 cm³/mol. The number of carbonyl (C=O) groups is 5. The Morgan fingerprint density at radius 3 is 2.44 bits per heavy atom. The minimum atomic E-state index is -0.968. The van der Waals surface area contributed by atoms with Crippen molar-refractivity contribution in [2.75, 3.05) is 69.7 Å². The zero-order valence-electron chi connectivity index (χ0n) is 36.3. The van der Waals surface area contributed by atoms with Crippen LogP contribution in [0.1, 0.15) is 90.6 Å². The van der Waals surface area contributed by atoms with E-state index >= 15 is 0 Å². The van der Waals surface area contributed by atoms with Crippen molar-refractivity contribution in [2.24, 2.45) is 5.92 Å². The van der Waals surface area contributed by atoms with Crippen LogP contribution in [0.3, 0.4) is 0 Å². The van der Waals surface area contributed by atoms with Crippen LogP contribution >= 0.6 is 11.6 Å². The van der Waals surface area contributed by atoms with E-state index in [4.69, 9.17) is 21.3 Å². The maximum atomic E-state index is 13.7. The van der Waals surface area contributed by atoms with Gasteiger partial charge < -0.3 is 29.7 Å². The molecule has 18 heteroatoms. The molecule has 4 aromatic rings. The van der Waals surface area contributed by atoms with Gasteiger partial charge in [-0.3, -0.25) is 43.9 Å². The van der Waals surface area contributed by atoms with Crippen molar-refractivity contribution in [1.29, 1.82) is 0 Å². The lowest BCUT2D eigenvalue weighted by Crippen LogP contribution is -2.54. The zero-order chi connectivity index (χ0) is 44.8. The molecule has 1 atom stereocenters. The number of nitrogens with zero attached hydrogens (tertiary/aromatic N) is 7. The monoisotopic (exact) mass is 892 g/mol. The number of imide groups is 2. The number of fused-ring (bicyclic) bond motifs is 2. The number of rotatable bonds is 12. The molecule has 336 valence electrons. The maximum absolute atomic E-state index is 13.7. The van der Waals surface area contributed by atoms with Crippen LogP contribution in [0.4, 0.5) is 17.5 Å². The number of halogens is 1. The van der Waals surface area contributed by atoms with Gasteiger partial charge in [0.2, 0.25) is 17.8 Å². The Balaban J connectivity index is 0.757. The normalized spacial score (nSPS) is 22.2. The molecule has 0 spiro atoms. The molecule has 2 aromatic carbocycles. The molecule has 4 aliphatic heterocycles. The van der Waals surface area contributed by atoms with E-state index in [0.717, 1.165) is 92.9 Å². The average Bonchev–Trinajstić information content (AvgIpc) is 3.53. The minimum absolute atomic E-state index is 0.0916. The molecule has 3 N–H and O–H groups in total. The number of hydrogen-bond acceptors (Lipinski definition) is 13. The number of nitrogens with one attached hydrogen (secondary N) is 3. The van der Waals surface area contributed by atoms with Crippen molar-refractivity contribution in [3.05, 3.63) is 80.7 Å². The lowest BCUT2D eigenvalue weighted by molar-refractivity contribution is -0.136. The van der Waals surface area contributed by atoms with Crippen molar-refractivity contribution < 1.29 is 28.7 Å². The van der Waals surface area contributed by atoms with Crippen LogP contribution in [0.2, 0.25) is 5.02 Å². The summed E-state index contributed by atoms with van der Waals surface area (Å²) in [6.07, 6.45) is 5.95. The second-order valence-electron chi connectivity index (χ2n) is 17.8. The summed E-state index contributed by atoms with van der Waals surface area (Å²) >= 11 is 6.61. The number of ether oxygens (including phenoxy) is 1. The fourth-order valence-electron chi connectivity index (χ4n) is 10.1. The molecular formula is C46H53ClN10O7. The molecular weight excluding hydrogens is 840 g/mol. The van der Waals surface area contributed by atoms with Crippen molar-refractivity contribution in [2.45, 2.75) is 76.4 Å². The average molecular weight is 893 g/mol. The number of anilines is 3. The highest BCUT2D eigenvalue weighted by molar-refractivity contribution is 6.33. The van der Waals surface area contributed by atoms with Crippen LogP contribution in [0.15, 0.2) is 53.5 Å². The lowest BCUT2D eigenvalue weighted by atomic mass is 9.77. The second-order valence-corrected chi connectivity index (χ2v) is 18.2. The first-order valence-electron chi connectivity index (χ1n) is 22.2. The lowest BCUT2D eigenvalue weighted by Gasteiger charge is -2.47. The molecule has 6 heterocycles. The Kier molecular flexibility index (Phi) is 12.1. The fraction of sp³-hybridized carbons (Fsp3) is 0.478. The van der Waals surface area contributed by atoms with Crippen molar-refractivity contribution in [3.63, 3.8) is 0 Å². The molecule has 5 amide bonds. The zero-order valence-corrected chi connectivity index (χ0v) is 37.0. The van der Waals surface area contributed by atoms with Crippen molar-refractivity contribution >= 4 is 69.5 Å². The van der Waals surface area contributed by atoms with Gasteiger partial charge in [-0.2, -0.15) is 4.98 Å². The Labute approximate surface area is 375 Å². The van der Waals surface area contributed by atoms with E-state index in [9.17, 15) is 28.8 Å². The van der Waals surface area contributed by atoms with Gasteiger partial charge in [-0.25, -0.2) is 4.98 Å². The van der Waals surface area contributed by atoms with E-state index in [-0.39, 0.29) is 54.5 Å². The largest absolute Gasteiger partial charge is 0.478 e. The third kappa shape index (κ3) is 8.43. The Morgan fingerprint density at radius 1 is 0.953 bits per heavy atom. The van der Waals surface area contributed by atoms with Crippen LogP contribution < -0.4 is 31.1 Å². The summed E-state index contributed by atoms with van der Waals surface area (Å²) in [6.45, 7) is 9.86. The molecule has 5 aliphatic rings. The molecule has 3 saturated heterocycles.